The van der Waals surface area contributed by atoms with Crippen LogP contribution in [0.2, 0.25) is 0 Å². The molecule has 102 valence electrons. The van der Waals surface area contributed by atoms with Crippen LogP contribution in [0.25, 0.3) is 0 Å². The number of methoxy groups -OCH3 is 2. The van der Waals surface area contributed by atoms with Crippen LogP contribution in [0.4, 0.5) is 0 Å². The molecule has 1 N–H and O–H groups in total. The Morgan fingerprint density at radius 2 is 2.06 bits per heavy atom. The zero-order chi connectivity index (χ0) is 12.7. The fourth-order valence-corrected chi connectivity index (χ4v) is 2.74. The van der Waals surface area contributed by atoms with Gasteiger partial charge in [-0.2, -0.15) is 0 Å². The number of nitrogens with zero attached hydrogens (tertiary/aromatic N) is 1. The summed E-state index contributed by atoms with van der Waals surface area (Å²) in [7, 11) is 5.58. The second-order valence-corrected chi connectivity index (χ2v) is 5.00. The second kappa shape index (κ2) is 8.03. The van der Waals surface area contributed by atoms with Crippen molar-refractivity contribution in [2.75, 3.05) is 47.6 Å². The van der Waals surface area contributed by atoms with Gasteiger partial charge in [0, 0.05) is 32.8 Å². The third-order valence-corrected chi connectivity index (χ3v) is 3.80. The Bertz CT molecular complexity index is 202. The molecule has 0 aromatic carbocycles. The average Bonchev–Trinajstić information content (AvgIpc) is 2.30. The number of rotatable bonds is 9. The van der Waals surface area contributed by atoms with Crippen molar-refractivity contribution in [3.63, 3.8) is 0 Å². The maximum Gasteiger partial charge on any atom is 0.0615 e. The van der Waals surface area contributed by atoms with Crippen molar-refractivity contribution < 1.29 is 9.47 Å². The van der Waals surface area contributed by atoms with Crippen molar-refractivity contribution in [2.45, 2.75) is 31.8 Å². The standard InChI is InChI=1S/C13H28N2O2/c1-11(10-17-4)15(7-8-16-3)13-6-5-12(13)9-14-2/h11-14H,5-10H2,1-4H3. The van der Waals surface area contributed by atoms with E-state index < -0.39 is 0 Å². The van der Waals surface area contributed by atoms with Gasteiger partial charge in [0.2, 0.25) is 0 Å². The van der Waals surface area contributed by atoms with Gasteiger partial charge in [-0.3, -0.25) is 4.90 Å². The van der Waals surface area contributed by atoms with Gasteiger partial charge in [-0.25, -0.2) is 0 Å². The first-order valence-corrected chi connectivity index (χ1v) is 6.62. The first kappa shape index (κ1) is 14.9. The Labute approximate surface area is 106 Å². The van der Waals surface area contributed by atoms with Crippen molar-refractivity contribution in [3.8, 4) is 0 Å². The second-order valence-electron chi connectivity index (χ2n) is 5.00. The predicted molar refractivity (Wildman–Crippen MR) is 70.4 cm³/mol. The highest BCUT2D eigenvalue weighted by molar-refractivity contribution is 4.91. The molecule has 0 amide bonds. The van der Waals surface area contributed by atoms with Crippen molar-refractivity contribution in [2.24, 2.45) is 5.92 Å². The van der Waals surface area contributed by atoms with Crippen LogP contribution in [0.15, 0.2) is 0 Å². The van der Waals surface area contributed by atoms with Crippen molar-refractivity contribution in [1.29, 1.82) is 0 Å². The maximum atomic E-state index is 5.28. The third kappa shape index (κ3) is 4.21. The van der Waals surface area contributed by atoms with Crippen LogP contribution in [0.5, 0.6) is 0 Å². The summed E-state index contributed by atoms with van der Waals surface area (Å²) in [5.41, 5.74) is 0. The molecule has 3 atom stereocenters. The summed E-state index contributed by atoms with van der Waals surface area (Å²) in [6.07, 6.45) is 2.65. The molecule has 1 aliphatic carbocycles. The molecule has 0 aromatic heterocycles. The van der Waals surface area contributed by atoms with Gasteiger partial charge >= 0.3 is 0 Å². The lowest BCUT2D eigenvalue weighted by molar-refractivity contribution is -0.00889. The van der Waals surface area contributed by atoms with Crippen LogP contribution >= 0.6 is 0 Å². The Kier molecular flexibility index (Phi) is 7.04. The summed E-state index contributed by atoms with van der Waals surface area (Å²) < 4.78 is 10.5. The summed E-state index contributed by atoms with van der Waals surface area (Å²) >= 11 is 0. The molecule has 1 rings (SSSR count). The minimum atomic E-state index is 0.472. The molecule has 1 fully saturated rings. The van der Waals surface area contributed by atoms with Crippen LogP contribution in [0.3, 0.4) is 0 Å². The van der Waals surface area contributed by atoms with Gasteiger partial charge in [0.25, 0.3) is 0 Å². The van der Waals surface area contributed by atoms with Gasteiger partial charge in [0.1, 0.15) is 0 Å². The van der Waals surface area contributed by atoms with Gasteiger partial charge in [0.05, 0.1) is 13.2 Å². The largest absolute Gasteiger partial charge is 0.383 e. The van der Waals surface area contributed by atoms with E-state index in [0.29, 0.717) is 12.1 Å². The van der Waals surface area contributed by atoms with Gasteiger partial charge in [0.15, 0.2) is 0 Å². The highest BCUT2D eigenvalue weighted by Gasteiger charge is 2.36. The van der Waals surface area contributed by atoms with Crippen LogP contribution in [0, 0.1) is 5.92 Å². The zero-order valence-corrected chi connectivity index (χ0v) is 11.7. The minimum Gasteiger partial charge on any atom is -0.383 e. The molecule has 4 heteroatoms. The molecule has 0 radical (unpaired) electrons. The van der Waals surface area contributed by atoms with Crippen molar-refractivity contribution >= 4 is 0 Å². The van der Waals surface area contributed by atoms with E-state index in [4.69, 9.17) is 9.47 Å². The Morgan fingerprint density at radius 1 is 1.29 bits per heavy atom. The number of hydrogen-bond donors (Lipinski definition) is 1. The summed E-state index contributed by atoms with van der Waals surface area (Å²) in [4.78, 5) is 2.55. The monoisotopic (exact) mass is 244 g/mol. The molecule has 0 heterocycles. The van der Waals surface area contributed by atoms with E-state index in [1.807, 2.05) is 7.05 Å². The molecule has 4 nitrogen and oxygen atoms in total. The van der Waals surface area contributed by atoms with Crippen molar-refractivity contribution in [1.82, 2.24) is 10.2 Å². The first-order chi connectivity index (χ1) is 8.24. The van der Waals surface area contributed by atoms with E-state index in [2.05, 4.69) is 17.1 Å². The predicted octanol–water partition coefficient (Wildman–Crippen LogP) is 0.968. The van der Waals surface area contributed by atoms with Crippen LogP contribution in [0.1, 0.15) is 19.8 Å². The summed E-state index contributed by atoms with van der Waals surface area (Å²) in [5.74, 6) is 0.788. The topological polar surface area (TPSA) is 33.7 Å². The Hall–Kier alpha value is -0.160. The highest BCUT2D eigenvalue weighted by Crippen LogP contribution is 2.32. The smallest absolute Gasteiger partial charge is 0.0615 e. The lowest BCUT2D eigenvalue weighted by Crippen LogP contribution is -2.55. The number of ether oxygens (including phenoxy) is 2. The maximum absolute atomic E-state index is 5.28. The van der Waals surface area contributed by atoms with Crippen LogP contribution in [-0.2, 0) is 9.47 Å². The van der Waals surface area contributed by atoms with Gasteiger partial charge in [-0.15, -0.1) is 0 Å². The van der Waals surface area contributed by atoms with Crippen LogP contribution < -0.4 is 5.32 Å². The zero-order valence-electron chi connectivity index (χ0n) is 11.7. The van der Waals surface area contributed by atoms with Gasteiger partial charge in [-0.1, -0.05) is 0 Å². The lowest BCUT2D eigenvalue weighted by Gasteiger charge is -2.47. The molecule has 0 spiro atoms. The fourth-order valence-electron chi connectivity index (χ4n) is 2.74. The van der Waals surface area contributed by atoms with Gasteiger partial charge in [-0.05, 0) is 39.3 Å². The number of hydrogen-bond acceptors (Lipinski definition) is 4. The van der Waals surface area contributed by atoms with E-state index in [0.717, 1.165) is 32.2 Å². The van der Waals surface area contributed by atoms with E-state index in [1.54, 1.807) is 14.2 Å². The molecule has 0 bridgehead atoms. The SMILES string of the molecule is CNCC1CCC1N(CCOC)C(C)COC. The lowest BCUT2D eigenvalue weighted by atomic mass is 9.78. The minimum absolute atomic E-state index is 0.472. The van der Waals surface area contributed by atoms with E-state index >= 15 is 0 Å². The molecule has 0 aliphatic heterocycles. The molecule has 1 aliphatic rings. The summed E-state index contributed by atoms with van der Waals surface area (Å²) in [6.45, 7) is 5.97. The van der Waals surface area contributed by atoms with Crippen molar-refractivity contribution in [3.05, 3.63) is 0 Å². The Morgan fingerprint density at radius 3 is 2.53 bits per heavy atom. The van der Waals surface area contributed by atoms with E-state index in [-0.39, 0.29) is 0 Å². The molecule has 0 aromatic rings. The van der Waals surface area contributed by atoms with E-state index in [9.17, 15) is 0 Å². The molecule has 1 saturated carbocycles. The number of nitrogens with one attached hydrogen (secondary N) is 1. The highest BCUT2D eigenvalue weighted by atomic mass is 16.5. The fraction of sp³-hybridized carbons (Fsp3) is 1.00. The Balaban J connectivity index is 2.49. The molecular weight excluding hydrogens is 216 g/mol. The normalized spacial score (nSPS) is 25.9. The quantitative estimate of drug-likeness (QED) is 0.655. The molecule has 17 heavy (non-hydrogen) atoms. The summed E-state index contributed by atoms with van der Waals surface area (Å²) in [5, 5.41) is 3.29. The van der Waals surface area contributed by atoms with Crippen LogP contribution in [-0.4, -0.2) is 64.6 Å². The molecule has 0 saturated heterocycles. The van der Waals surface area contributed by atoms with Gasteiger partial charge < -0.3 is 14.8 Å². The van der Waals surface area contributed by atoms with E-state index in [1.165, 1.54) is 12.8 Å². The summed E-state index contributed by atoms with van der Waals surface area (Å²) in [6, 6.07) is 1.17. The third-order valence-electron chi connectivity index (χ3n) is 3.80. The molecular formula is C13H28N2O2. The average molecular weight is 244 g/mol. The first-order valence-electron chi connectivity index (χ1n) is 6.62. The molecule has 3 unspecified atom stereocenters.